The summed E-state index contributed by atoms with van der Waals surface area (Å²) < 4.78 is 18.9. The molecule has 0 saturated heterocycles. The van der Waals surface area contributed by atoms with Gasteiger partial charge in [-0.15, -0.1) is 0 Å². The molecule has 0 aromatic heterocycles. The van der Waals surface area contributed by atoms with Crippen LogP contribution in [0.4, 0.5) is 4.39 Å². The van der Waals surface area contributed by atoms with Crippen LogP contribution in [-0.2, 0) is 16.1 Å². The Kier molecular flexibility index (Phi) is 4.13. The number of hydrogen-bond acceptors (Lipinski definition) is 4. The van der Waals surface area contributed by atoms with Crippen molar-refractivity contribution in [2.75, 3.05) is 6.54 Å². The van der Waals surface area contributed by atoms with Gasteiger partial charge in [0.25, 0.3) is 5.91 Å². The lowest BCUT2D eigenvalue weighted by Crippen LogP contribution is -2.27. The van der Waals surface area contributed by atoms with Crippen LogP contribution < -0.4 is 5.73 Å². The summed E-state index contributed by atoms with van der Waals surface area (Å²) >= 11 is 0. The van der Waals surface area contributed by atoms with Gasteiger partial charge in [-0.05, 0) is 23.3 Å². The van der Waals surface area contributed by atoms with Gasteiger partial charge in [0, 0.05) is 18.7 Å². The van der Waals surface area contributed by atoms with Crippen molar-refractivity contribution in [2.24, 2.45) is 5.73 Å². The molecule has 6 heteroatoms. The first-order valence-electron chi connectivity index (χ1n) is 8.47. The van der Waals surface area contributed by atoms with E-state index in [1.54, 1.807) is 17.0 Å². The number of amides is 1. The molecule has 1 unspecified atom stereocenters. The fraction of sp³-hybridized carbons (Fsp3) is 0.143. The molecule has 0 radical (unpaired) electrons. The minimum atomic E-state index is -0.524. The number of halogens is 1. The molecule has 0 bridgehead atoms. The van der Waals surface area contributed by atoms with Gasteiger partial charge >= 0.3 is 0 Å². The first kappa shape index (κ1) is 16.9. The third-order valence-corrected chi connectivity index (χ3v) is 4.79. The van der Waals surface area contributed by atoms with E-state index in [0.29, 0.717) is 24.2 Å². The van der Waals surface area contributed by atoms with Crippen LogP contribution in [0.3, 0.4) is 0 Å². The third-order valence-electron chi connectivity index (χ3n) is 4.79. The zero-order valence-corrected chi connectivity index (χ0v) is 14.4. The van der Waals surface area contributed by atoms with Crippen LogP contribution in [0.15, 0.2) is 77.4 Å². The number of benzene rings is 2. The molecule has 27 heavy (non-hydrogen) atoms. The van der Waals surface area contributed by atoms with Crippen molar-refractivity contribution >= 4 is 5.91 Å². The van der Waals surface area contributed by atoms with E-state index in [9.17, 15) is 14.4 Å². The number of nitrogens with two attached hydrogens (primary N) is 1. The van der Waals surface area contributed by atoms with Crippen LogP contribution in [0.25, 0.3) is 0 Å². The molecule has 134 valence electrons. The maximum absolute atomic E-state index is 13.3. The highest BCUT2D eigenvalue weighted by Gasteiger charge is 2.42. The number of nitrogens with zero attached hydrogens (tertiary/aromatic N) is 2. The second-order valence-electron chi connectivity index (χ2n) is 6.48. The van der Waals surface area contributed by atoms with E-state index in [1.807, 2.05) is 30.3 Å². The second-order valence-corrected chi connectivity index (χ2v) is 6.48. The molecular weight excluding hydrogens is 345 g/mol. The Morgan fingerprint density at radius 1 is 1.19 bits per heavy atom. The number of ether oxygens (including phenoxy) is 1. The highest BCUT2D eigenvalue weighted by atomic mass is 19.1. The maximum Gasteiger partial charge on any atom is 0.290 e. The average Bonchev–Trinajstić information content (AvgIpc) is 2.98. The number of allylic oxidation sites excluding steroid dienone is 1. The average molecular weight is 361 g/mol. The minimum absolute atomic E-state index is 0.0829. The standard InChI is InChI=1S/C21H16FN3O2/c22-15-8-6-14(7-9-15)18-16(10-23)20(24)27-19-17(18)12-25(21(19)26)11-13-4-2-1-3-5-13/h1-9,18H,11-12,24H2. The lowest BCUT2D eigenvalue weighted by molar-refractivity contribution is -0.128. The Balaban J connectivity index is 1.70. The Morgan fingerprint density at radius 2 is 1.89 bits per heavy atom. The van der Waals surface area contributed by atoms with Gasteiger partial charge in [-0.1, -0.05) is 42.5 Å². The van der Waals surface area contributed by atoms with Crippen LogP contribution in [0.1, 0.15) is 17.0 Å². The fourth-order valence-electron chi connectivity index (χ4n) is 3.52. The highest BCUT2D eigenvalue weighted by Crippen LogP contribution is 2.42. The zero-order valence-electron chi connectivity index (χ0n) is 14.4. The molecule has 0 aliphatic carbocycles. The lowest BCUT2D eigenvalue weighted by atomic mass is 9.84. The van der Waals surface area contributed by atoms with Crippen LogP contribution in [0.2, 0.25) is 0 Å². The van der Waals surface area contributed by atoms with Crippen LogP contribution in [0, 0.1) is 17.1 Å². The smallest absolute Gasteiger partial charge is 0.290 e. The van der Waals surface area contributed by atoms with E-state index in [1.165, 1.54) is 12.1 Å². The van der Waals surface area contributed by atoms with Crippen LogP contribution in [-0.4, -0.2) is 17.4 Å². The van der Waals surface area contributed by atoms with E-state index in [4.69, 9.17) is 10.5 Å². The van der Waals surface area contributed by atoms with E-state index in [-0.39, 0.29) is 28.9 Å². The minimum Gasteiger partial charge on any atom is -0.435 e. The highest BCUT2D eigenvalue weighted by molar-refractivity contribution is 5.96. The second kappa shape index (κ2) is 6.61. The van der Waals surface area contributed by atoms with Crippen molar-refractivity contribution in [3.8, 4) is 6.07 Å². The molecule has 5 nitrogen and oxygen atoms in total. The number of hydrogen-bond donors (Lipinski definition) is 1. The Labute approximate surface area is 155 Å². The summed E-state index contributed by atoms with van der Waals surface area (Å²) in [6.07, 6.45) is 0. The van der Waals surface area contributed by atoms with Gasteiger partial charge in [0.05, 0.1) is 5.92 Å². The van der Waals surface area contributed by atoms with Gasteiger partial charge in [0.2, 0.25) is 5.88 Å². The summed E-state index contributed by atoms with van der Waals surface area (Å²) in [5.41, 5.74) is 8.51. The number of nitriles is 1. The zero-order chi connectivity index (χ0) is 19.0. The molecule has 4 rings (SSSR count). The van der Waals surface area contributed by atoms with Crippen molar-refractivity contribution < 1.29 is 13.9 Å². The third kappa shape index (κ3) is 2.93. The van der Waals surface area contributed by atoms with E-state index >= 15 is 0 Å². The Hall–Kier alpha value is -3.59. The number of carbonyl (C=O) groups is 1. The van der Waals surface area contributed by atoms with E-state index < -0.39 is 5.92 Å². The van der Waals surface area contributed by atoms with Gasteiger partial charge < -0.3 is 15.4 Å². The SMILES string of the molecule is N#CC1=C(N)OC2=C(CN(Cc3ccccc3)C2=O)C1c1ccc(F)cc1. The molecule has 2 aromatic rings. The van der Waals surface area contributed by atoms with E-state index in [2.05, 4.69) is 6.07 Å². The van der Waals surface area contributed by atoms with Gasteiger partial charge in [0.15, 0.2) is 5.76 Å². The lowest BCUT2D eigenvalue weighted by Gasteiger charge is -2.24. The van der Waals surface area contributed by atoms with Crippen molar-refractivity contribution in [2.45, 2.75) is 12.5 Å². The summed E-state index contributed by atoms with van der Waals surface area (Å²) in [4.78, 5) is 14.5. The summed E-state index contributed by atoms with van der Waals surface area (Å²) in [7, 11) is 0. The van der Waals surface area contributed by atoms with Crippen molar-refractivity contribution in [1.29, 1.82) is 5.26 Å². The predicted octanol–water partition coefficient (Wildman–Crippen LogP) is 2.93. The predicted molar refractivity (Wildman–Crippen MR) is 95.9 cm³/mol. The molecule has 2 N–H and O–H groups in total. The maximum atomic E-state index is 13.3. The molecule has 0 fully saturated rings. The molecule has 2 aliphatic heterocycles. The van der Waals surface area contributed by atoms with Gasteiger partial charge in [-0.25, -0.2) is 4.39 Å². The molecular formula is C21H16FN3O2. The quantitative estimate of drug-likeness (QED) is 0.912. The molecule has 2 aromatic carbocycles. The van der Waals surface area contributed by atoms with Gasteiger partial charge in [-0.3, -0.25) is 4.79 Å². The molecule has 0 spiro atoms. The van der Waals surface area contributed by atoms with E-state index in [0.717, 1.165) is 5.56 Å². The summed E-state index contributed by atoms with van der Waals surface area (Å²) in [5, 5.41) is 9.57. The molecule has 0 saturated carbocycles. The van der Waals surface area contributed by atoms with Gasteiger partial charge in [-0.2, -0.15) is 5.26 Å². The number of rotatable bonds is 3. The fourth-order valence-corrected chi connectivity index (χ4v) is 3.52. The molecule has 2 aliphatic rings. The topological polar surface area (TPSA) is 79.4 Å². The van der Waals surface area contributed by atoms with Crippen LogP contribution in [0.5, 0.6) is 0 Å². The molecule has 2 heterocycles. The Morgan fingerprint density at radius 3 is 2.56 bits per heavy atom. The first-order chi connectivity index (χ1) is 13.1. The molecule has 1 amide bonds. The van der Waals surface area contributed by atoms with Crippen LogP contribution >= 0.6 is 0 Å². The first-order valence-corrected chi connectivity index (χ1v) is 8.47. The van der Waals surface area contributed by atoms with Crippen molar-refractivity contribution in [3.63, 3.8) is 0 Å². The number of carbonyl (C=O) groups excluding carboxylic acids is 1. The normalized spacial score (nSPS) is 19.0. The molecule has 1 atom stereocenters. The van der Waals surface area contributed by atoms with Gasteiger partial charge in [0.1, 0.15) is 17.5 Å². The summed E-state index contributed by atoms with van der Waals surface area (Å²) in [6.45, 7) is 0.748. The summed E-state index contributed by atoms with van der Waals surface area (Å²) in [6, 6.07) is 17.6. The monoisotopic (exact) mass is 361 g/mol. The van der Waals surface area contributed by atoms with Crippen molar-refractivity contribution in [3.05, 3.63) is 94.3 Å². The largest absolute Gasteiger partial charge is 0.435 e. The summed E-state index contributed by atoms with van der Waals surface area (Å²) in [5.74, 6) is -1.08. The Bertz CT molecular complexity index is 1000. The van der Waals surface area contributed by atoms with Crippen molar-refractivity contribution in [1.82, 2.24) is 4.90 Å².